The smallest absolute Gasteiger partial charge is 0.351 e. The minimum atomic E-state index is -1.25. The van der Waals surface area contributed by atoms with Gasteiger partial charge in [-0.2, -0.15) is 0 Å². The van der Waals surface area contributed by atoms with Crippen LogP contribution < -0.4 is 5.32 Å². The molecule has 24 heavy (non-hydrogen) atoms. The van der Waals surface area contributed by atoms with Crippen molar-refractivity contribution in [3.63, 3.8) is 0 Å². The van der Waals surface area contributed by atoms with Gasteiger partial charge >= 0.3 is 11.9 Å². The van der Waals surface area contributed by atoms with Crippen molar-refractivity contribution in [2.45, 2.75) is 45.8 Å². The molecule has 0 unspecified atom stereocenters. The van der Waals surface area contributed by atoms with E-state index in [2.05, 4.69) is 26.1 Å². The summed E-state index contributed by atoms with van der Waals surface area (Å²) in [4.78, 5) is 24.5. The molecule has 0 aromatic heterocycles. The number of ether oxygens (including phenoxy) is 2. The number of thioether (sulfide) groups is 1. The zero-order valence-corrected chi connectivity index (χ0v) is 15.7. The molecule has 5 nitrogen and oxygen atoms in total. The van der Waals surface area contributed by atoms with Crippen molar-refractivity contribution >= 4 is 29.4 Å². The Balaban J connectivity index is 2.44. The van der Waals surface area contributed by atoms with Gasteiger partial charge in [-0.05, 0) is 23.3 Å². The largest absolute Gasteiger partial charge is 0.419 e. The van der Waals surface area contributed by atoms with E-state index in [9.17, 15) is 9.59 Å². The third kappa shape index (κ3) is 3.93. The lowest BCUT2D eigenvalue weighted by atomic mass is 9.86. The fourth-order valence-corrected chi connectivity index (χ4v) is 3.00. The zero-order chi connectivity index (χ0) is 18.1. The number of para-hydroxylation sites is 1. The Hall–Kier alpha value is -1.95. The quantitative estimate of drug-likeness (QED) is 0.509. The van der Waals surface area contributed by atoms with Gasteiger partial charge in [0.05, 0.1) is 5.03 Å². The maximum absolute atomic E-state index is 12.3. The molecule has 1 N–H and O–H groups in total. The molecule has 1 heterocycles. The third-order valence-corrected chi connectivity index (χ3v) is 4.21. The number of anilines is 1. The summed E-state index contributed by atoms with van der Waals surface area (Å²) >= 11 is 1.27. The zero-order valence-electron chi connectivity index (χ0n) is 14.9. The van der Waals surface area contributed by atoms with E-state index in [1.807, 2.05) is 24.3 Å². The van der Waals surface area contributed by atoms with Crippen LogP contribution in [0.4, 0.5) is 5.69 Å². The lowest BCUT2D eigenvalue weighted by Gasteiger charge is -2.31. The number of hydrogen-bond donors (Lipinski definition) is 1. The lowest BCUT2D eigenvalue weighted by Crippen LogP contribution is -2.42. The second-order valence-electron chi connectivity index (χ2n) is 7.01. The number of benzene rings is 1. The molecule has 0 amide bonds. The number of carbonyl (C=O) groups excluding carboxylic acids is 2. The molecular formula is C18H23NO4S. The van der Waals surface area contributed by atoms with Crippen LogP contribution in [0.1, 0.15) is 40.2 Å². The highest BCUT2D eigenvalue weighted by Gasteiger charge is 2.41. The van der Waals surface area contributed by atoms with E-state index in [1.54, 1.807) is 6.26 Å². The molecule has 0 spiro atoms. The van der Waals surface area contributed by atoms with E-state index >= 15 is 0 Å². The number of cyclic esters (lactones) is 2. The lowest BCUT2D eigenvalue weighted by molar-refractivity contribution is -0.222. The first kappa shape index (κ1) is 18.4. The maximum atomic E-state index is 12.3. The first-order chi connectivity index (χ1) is 11.0. The molecule has 1 aliphatic heterocycles. The van der Waals surface area contributed by atoms with Crippen LogP contribution in [-0.4, -0.2) is 24.0 Å². The van der Waals surface area contributed by atoms with Gasteiger partial charge in [-0.25, -0.2) is 9.59 Å². The molecule has 1 aliphatic rings. The van der Waals surface area contributed by atoms with Crippen LogP contribution in [0.25, 0.3) is 0 Å². The van der Waals surface area contributed by atoms with Gasteiger partial charge in [-0.1, -0.05) is 39.0 Å². The van der Waals surface area contributed by atoms with E-state index in [1.165, 1.54) is 25.6 Å². The van der Waals surface area contributed by atoms with E-state index in [-0.39, 0.29) is 11.0 Å². The SMILES string of the molecule is CSC(Nc1ccccc1C(C)(C)C)=C1C(=O)OC(C)(C)OC1=O. The van der Waals surface area contributed by atoms with Gasteiger partial charge in [0, 0.05) is 19.5 Å². The van der Waals surface area contributed by atoms with Gasteiger partial charge < -0.3 is 14.8 Å². The second-order valence-corrected chi connectivity index (χ2v) is 7.82. The molecular weight excluding hydrogens is 326 g/mol. The number of hydrogen-bond acceptors (Lipinski definition) is 6. The Kier molecular flexibility index (Phi) is 4.99. The fourth-order valence-electron chi connectivity index (χ4n) is 2.42. The third-order valence-electron chi connectivity index (χ3n) is 3.50. The number of nitrogens with one attached hydrogen (secondary N) is 1. The molecule has 0 atom stereocenters. The Morgan fingerprint density at radius 3 is 2.12 bits per heavy atom. The first-order valence-electron chi connectivity index (χ1n) is 7.66. The first-order valence-corrected chi connectivity index (χ1v) is 8.89. The summed E-state index contributed by atoms with van der Waals surface area (Å²) in [5.74, 6) is -2.60. The van der Waals surface area contributed by atoms with Crippen LogP contribution >= 0.6 is 11.8 Å². The van der Waals surface area contributed by atoms with E-state index in [0.29, 0.717) is 5.03 Å². The van der Waals surface area contributed by atoms with Gasteiger partial charge in [0.2, 0.25) is 0 Å². The molecule has 2 rings (SSSR count). The van der Waals surface area contributed by atoms with Gasteiger partial charge in [0.25, 0.3) is 5.79 Å². The van der Waals surface area contributed by atoms with E-state index in [0.717, 1.165) is 11.3 Å². The molecule has 0 bridgehead atoms. The van der Waals surface area contributed by atoms with Crippen molar-refractivity contribution < 1.29 is 19.1 Å². The maximum Gasteiger partial charge on any atom is 0.351 e. The predicted molar refractivity (Wildman–Crippen MR) is 95.6 cm³/mol. The minimum absolute atomic E-state index is 0.0899. The number of esters is 2. The molecule has 6 heteroatoms. The van der Waals surface area contributed by atoms with Crippen molar-refractivity contribution in [3.05, 3.63) is 40.4 Å². The molecule has 1 aromatic rings. The number of carbonyl (C=O) groups is 2. The predicted octanol–water partition coefficient (Wildman–Crippen LogP) is 3.81. The molecule has 0 aliphatic carbocycles. The van der Waals surface area contributed by atoms with Crippen LogP contribution in [0.2, 0.25) is 0 Å². The number of rotatable bonds is 3. The summed E-state index contributed by atoms with van der Waals surface area (Å²) < 4.78 is 10.4. The highest BCUT2D eigenvalue weighted by Crippen LogP contribution is 2.33. The average Bonchev–Trinajstić information content (AvgIpc) is 2.43. The summed E-state index contributed by atoms with van der Waals surface area (Å²) in [7, 11) is 0. The molecule has 1 fully saturated rings. The van der Waals surface area contributed by atoms with Crippen molar-refractivity contribution in [1.82, 2.24) is 0 Å². The molecule has 130 valence electrons. The Morgan fingerprint density at radius 1 is 1.08 bits per heavy atom. The van der Waals surface area contributed by atoms with Crippen molar-refractivity contribution in [3.8, 4) is 0 Å². The fraction of sp³-hybridized carbons (Fsp3) is 0.444. The highest BCUT2D eigenvalue weighted by molar-refractivity contribution is 8.02. The Morgan fingerprint density at radius 2 is 1.62 bits per heavy atom. The van der Waals surface area contributed by atoms with Gasteiger partial charge in [-0.15, -0.1) is 11.8 Å². The standard InChI is InChI=1S/C18H23NO4S/c1-17(2,3)11-9-7-8-10-12(11)19-14(24-6)13-15(20)22-18(4,5)23-16(13)21/h7-10,19H,1-6H3. The summed E-state index contributed by atoms with van der Waals surface area (Å²) in [5.41, 5.74) is 1.72. The van der Waals surface area contributed by atoms with E-state index < -0.39 is 17.7 Å². The summed E-state index contributed by atoms with van der Waals surface area (Å²) in [6.07, 6.45) is 1.79. The minimum Gasteiger partial charge on any atom is -0.419 e. The van der Waals surface area contributed by atoms with Crippen LogP contribution in [0, 0.1) is 0 Å². The summed E-state index contributed by atoms with van der Waals surface area (Å²) in [5, 5.41) is 3.62. The van der Waals surface area contributed by atoms with Crippen LogP contribution in [0.5, 0.6) is 0 Å². The van der Waals surface area contributed by atoms with Gasteiger partial charge in [0.15, 0.2) is 5.57 Å². The van der Waals surface area contributed by atoms with Crippen LogP contribution in [0.15, 0.2) is 34.9 Å². The molecule has 1 saturated heterocycles. The molecule has 0 saturated carbocycles. The van der Waals surface area contributed by atoms with Crippen molar-refractivity contribution in [2.75, 3.05) is 11.6 Å². The topological polar surface area (TPSA) is 64.6 Å². The van der Waals surface area contributed by atoms with Gasteiger partial charge in [0.1, 0.15) is 0 Å². The normalized spacial score (nSPS) is 17.2. The highest BCUT2D eigenvalue weighted by atomic mass is 32.2. The van der Waals surface area contributed by atoms with Crippen molar-refractivity contribution in [2.24, 2.45) is 0 Å². The van der Waals surface area contributed by atoms with E-state index in [4.69, 9.17) is 9.47 Å². The Labute approximate surface area is 146 Å². The van der Waals surface area contributed by atoms with Crippen LogP contribution in [0.3, 0.4) is 0 Å². The monoisotopic (exact) mass is 349 g/mol. The second kappa shape index (κ2) is 6.51. The summed E-state index contributed by atoms with van der Waals surface area (Å²) in [6, 6.07) is 7.80. The Bertz CT molecular complexity index is 679. The van der Waals surface area contributed by atoms with Gasteiger partial charge in [-0.3, -0.25) is 0 Å². The van der Waals surface area contributed by atoms with Crippen LogP contribution in [-0.2, 0) is 24.5 Å². The van der Waals surface area contributed by atoms with Crippen molar-refractivity contribution in [1.29, 1.82) is 0 Å². The molecule has 0 radical (unpaired) electrons. The summed E-state index contributed by atoms with van der Waals surface area (Å²) in [6.45, 7) is 9.36. The average molecular weight is 349 g/mol. The molecule has 1 aromatic carbocycles.